The maximum Gasteiger partial charge on any atom is 0.332 e. The van der Waals surface area contributed by atoms with E-state index in [9.17, 15) is 9.59 Å². The molecular formula is C17H14Cl2N6O3. The molecule has 0 aliphatic carbocycles. The van der Waals surface area contributed by atoms with E-state index in [0.717, 1.165) is 15.7 Å². The first-order chi connectivity index (χ1) is 13.3. The smallest absolute Gasteiger partial charge is 0.332 e. The number of halogens is 2. The summed E-state index contributed by atoms with van der Waals surface area (Å²) in [4.78, 5) is 28.8. The Bertz CT molecular complexity index is 1350. The zero-order chi connectivity index (χ0) is 20.2. The van der Waals surface area contributed by atoms with E-state index in [1.807, 2.05) is 13.0 Å². The highest BCUT2D eigenvalue weighted by molar-refractivity contribution is 6.31. The van der Waals surface area contributed by atoms with Gasteiger partial charge in [0.2, 0.25) is 17.1 Å². The number of hydrogen-bond donors (Lipinski definition) is 0. The zero-order valence-electron chi connectivity index (χ0n) is 15.1. The minimum absolute atomic E-state index is 0.0301. The van der Waals surface area contributed by atoms with Crippen molar-refractivity contribution in [1.82, 2.24) is 28.9 Å². The van der Waals surface area contributed by atoms with Crippen LogP contribution in [0.3, 0.4) is 0 Å². The van der Waals surface area contributed by atoms with E-state index < -0.39 is 11.2 Å². The highest BCUT2D eigenvalue weighted by Crippen LogP contribution is 2.24. The van der Waals surface area contributed by atoms with Crippen LogP contribution in [0.25, 0.3) is 22.6 Å². The van der Waals surface area contributed by atoms with Gasteiger partial charge in [0.05, 0.1) is 0 Å². The Hall–Kier alpha value is -2.91. The Morgan fingerprint density at radius 3 is 2.57 bits per heavy atom. The van der Waals surface area contributed by atoms with Gasteiger partial charge in [-0.25, -0.2) is 4.79 Å². The van der Waals surface area contributed by atoms with E-state index in [2.05, 4.69) is 15.2 Å². The molecule has 4 rings (SSSR count). The van der Waals surface area contributed by atoms with Gasteiger partial charge in [-0.2, -0.15) is 4.98 Å². The van der Waals surface area contributed by atoms with E-state index >= 15 is 0 Å². The lowest BCUT2D eigenvalue weighted by Crippen LogP contribution is -2.37. The summed E-state index contributed by atoms with van der Waals surface area (Å²) < 4.78 is 9.40. The van der Waals surface area contributed by atoms with Crippen molar-refractivity contribution < 1.29 is 4.42 Å². The summed E-state index contributed by atoms with van der Waals surface area (Å²) in [7, 11) is 2.91. The van der Waals surface area contributed by atoms with Crippen LogP contribution in [-0.2, 0) is 20.6 Å². The van der Waals surface area contributed by atoms with Crippen LogP contribution < -0.4 is 11.2 Å². The van der Waals surface area contributed by atoms with E-state index in [1.54, 1.807) is 12.1 Å². The zero-order valence-corrected chi connectivity index (χ0v) is 16.6. The Morgan fingerprint density at radius 1 is 1.11 bits per heavy atom. The molecule has 0 fully saturated rings. The Balaban J connectivity index is 1.78. The first kappa shape index (κ1) is 18.5. The molecule has 3 heterocycles. The molecular weight excluding hydrogens is 407 g/mol. The lowest BCUT2D eigenvalue weighted by Gasteiger charge is -2.05. The summed E-state index contributed by atoms with van der Waals surface area (Å²) in [5.74, 6) is 0.551. The van der Waals surface area contributed by atoms with Crippen molar-refractivity contribution in [2.75, 3.05) is 0 Å². The molecule has 0 N–H and O–H groups in total. The molecule has 0 unspecified atom stereocenters. The maximum absolute atomic E-state index is 12.6. The van der Waals surface area contributed by atoms with Gasteiger partial charge in [0, 0.05) is 24.7 Å². The highest BCUT2D eigenvalue weighted by atomic mass is 35.5. The van der Waals surface area contributed by atoms with Crippen LogP contribution in [0, 0.1) is 6.92 Å². The average molecular weight is 421 g/mol. The van der Waals surface area contributed by atoms with Gasteiger partial charge in [0.15, 0.2) is 11.2 Å². The Labute approximate surface area is 167 Å². The molecule has 11 heteroatoms. The monoisotopic (exact) mass is 420 g/mol. The predicted molar refractivity (Wildman–Crippen MR) is 104 cm³/mol. The van der Waals surface area contributed by atoms with E-state index in [1.165, 1.54) is 23.2 Å². The number of fused-ring (bicyclic) bond motifs is 1. The molecule has 0 aliphatic heterocycles. The SMILES string of the molecule is Cc1cc(-c2nnc(Cn3c(Cl)nc4c3c(=O)n(C)c(=O)n4C)o2)ccc1Cl. The first-order valence-electron chi connectivity index (χ1n) is 8.18. The van der Waals surface area contributed by atoms with E-state index in [0.29, 0.717) is 10.9 Å². The molecule has 0 bridgehead atoms. The van der Waals surface area contributed by atoms with Crippen LogP contribution in [0.15, 0.2) is 32.2 Å². The third kappa shape index (κ3) is 2.83. The molecule has 0 aliphatic rings. The van der Waals surface area contributed by atoms with Crippen molar-refractivity contribution in [3.8, 4) is 11.5 Å². The topological polar surface area (TPSA) is 101 Å². The van der Waals surface area contributed by atoms with Gasteiger partial charge < -0.3 is 4.42 Å². The molecule has 1 aromatic carbocycles. The number of aryl methyl sites for hydroxylation is 2. The lowest BCUT2D eigenvalue weighted by molar-refractivity contribution is 0.491. The molecule has 0 saturated carbocycles. The van der Waals surface area contributed by atoms with Crippen molar-refractivity contribution in [2.45, 2.75) is 13.5 Å². The fourth-order valence-electron chi connectivity index (χ4n) is 2.91. The van der Waals surface area contributed by atoms with Crippen LogP contribution in [0.4, 0.5) is 0 Å². The minimum Gasteiger partial charge on any atom is -0.419 e. The van der Waals surface area contributed by atoms with E-state index in [-0.39, 0.29) is 28.9 Å². The van der Waals surface area contributed by atoms with Gasteiger partial charge in [-0.3, -0.25) is 18.5 Å². The number of aromatic nitrogens is 6. The highest BCUT2D eigenvalue weighted by Gasteiger charge is 2.20. The third-order valence-corrected chi connectivity index (χ3v) is 5.18. The summed E-state index contributed by atoms with van der Waals surface area (Å²) in [5, 5.41) is 8.75. The van der Waals surface area contributed by atoms with Gasteiger partial charge >= 0.3 is 5.69 Å². The number of rotatable bonds is 3. The van der Waals surface area contributed by atoms with Gasteiger partial charge in [-0.1, -0.05) is 11.6 Å². The summed E-state index contributed by atoms with van der Waals surface area (Å²) >= 11 is 12.3. The normalized spacial score (nSPS) is 11.5. The summed E-state index contributed by atoms with van der Waals surface area (Å²) in [5.41, 5.74) is 0.970. The fraction of sp³-hybridized carbons (Fsp3) is 0.235. The molecule has 0 atom stereocenters. The standard InChI is InChI=1S/C17H14Cl2N6O3/c1-8-6-9(4-5-10(8)18)14-22-21-11(28-14)7-25-12-13(20-16(25)19)23(2)17(27)24(3)15(12)26/h4-6H,7H2,1-3H3. The molecule has 144 valence electrons. The molecule has 0 amide bonds. The van der Waals surface area contributed by atoms with Crippen LogP contribution in [-0.4, -0.2) is 28.9 Å². The maximum atomic E-state index is 12.6. The third-order valence-electron chi connectivity index (χ3n) is 4.47. The molecule has 28 heavy (non-hydrogen) atoms. The largest absolute Gasteiger partial charge is 0.419 e. The van der Waals surface area contributed by atoms with Gasteiger partial charge in [-0.05, 0) is 42.3 Å². The van der Waals surface area contributed by atoms with Crippen molar-refractivity contribution in [3.63, 3.8) is 0 Å². The Morgan fingerprint density at radius 2 is 1.86 bits per heavy atom. The molecule has 0 radical (unpaired) electrons. The summed E-state index contributed by atoms with van der Waals surface area (Å²) in [6.07, 6.45) is 0. The number of benzene rings is 1. The van der Waals surface area contributed by atoms with Crippen molar-refractivity contribution >= 4 is 34.4 Å². The Kier molecular flexibility index (Phi) is 4.35. The van der Waals surface area contributed by atoms with Crippen molar-refractivity contribution in [2.24, 2.45) is 14.1 Å². The van der Waals surface area contributed by atoms with Gasteiger partial charge in [-0.15, -0.1) is 10.2 Å². The minimum atomic E-state index is -0.509. The number of imidazole rings is 1. The average Bonchev–Trinajstić information content (AvgIpc) is 3.26. The summed E-state index contributed by atoms with van der Waals surface area (Å²) in [6.45, 7) is 1.91. The molecule has 0 saturated heterocycles. The second-order valence-electron chi connectivity index (χ2n) is 6.31. The van der Waals surface area contributed by atoms with Crippen LogP contribution in [0.2, 0.25) is 10.3 Å². The fourth-order valence-corrected chi connectivity index (χ4v) is 3.25. The number of hydrogen-bond acceptors (Lipinski definition) is 6. The van der Waals surface area contributed by atoms with Gasteiger partial charge in [0.25, 0.3) is 5.56 Å². The van der Waals surface area contributed by atoms with Crippen molar-refractivity contribution in [1.29, 1.82) is 0 Å². The lowest BCUT2D eigenvalue weighted by atomic mass is 10.1. The van der Waals surface area contributed by atoms with Crippen LogP contribution in [0.1, 0.15) is 11.5 Å². The van der Waals surface area contributed by atoms with Crippen molar-refractivity contribution in [3.05, 3.63) is 60.8 Å². The molecule has 0 spiro atoms. The molecule has 3 aromatic heterocycles. The van der Waals surface area contributed by atoms with Crippen LogP contribution in [0.5, 0.6) is 0 Å². The second-order valence-corrected chi connectivity index (χ2v) is 7.06. The second kappa shape index (κ2) is 6.61. The summed E-state index contributed by atoms with van der Waals surface area (Å²) in [6, 6.07) is 5.36. The van der Waals surface area contributed by atoms with E-state index in [4.69, 9.17) is 27.6 Å². The molecule has 4 aromatic rings. The number of nitrogens with zero attached hydrogens (tertiary/aromatic N) is 6. The first-order valence-corrected chi connectivity index (χ1v) is 8.94. The molecule has 9 nitrogen and oxygen atoms in total. The quantitative estimate of drug-likeness (QED) is 0.470. The predicted octanol–water partition coefficient (Wildman–Crippen LogP) is 2.15. The van der Waals surface area contributed by atoms with Crippen LogP contribution >= 0.6 is 23.2 Å². The van der Waals surface area contributed by atoms with Gasteiger partial charge in [0.1, 0.15) is 6.54 Å².